The summed E-state index contributed by atoms with van der Waals surface area (Å²) in [5.74, 6) is 2.01. The van der Waals surface area contributed by atoms with Gasteiger partial charge in [0, 0.05) is 16.9 Å². The van der Waals surface area contributed by atoms with Crippen LogP contribution in [0.3, 0.4) is 0 Å². The van der Waals surface area contributed by atoms with Gasteiger partial charge in [-0.1, -0.05) is 54.4 Å². The van der Waals surface area contributed by atoms with Gasteiger partial charge in [0.05, 0.1) is 10.0 Å². The fourth-order valence-corrected chi connectivity index (χ4v) is 2.71. The van der Waals surface area contributed by atoms with Crippen molar-refractivity contribution >= 4 is 40.7 Å². The first-order valence-electron chi connectivity index (χ1n) is 6.28. The molecule has 104 valence electrons. The van der Waals surface area contributed by atoms with Gasteiger partial charge >= 0.3 is 0 Å². The van der Waals surface area contributed by atoms with Crippen molar-refractivity contribution in [3.63, 3.8) is 0 Å². The van der Waals surface area contributed by atoms with Crippen LogP contribution < -0.4 is 0 Å². The molecule has 0 aliphatic rings. The number of carbonyl (C=O) groups is 1. The highest BCUT2D eigenvalue weighted by molar-refractivity contribution is 7.98. The third-order valence-electron chi connectivity index (χ3n) is 2.87. The average molecular weight is 325 g/mol. The van der Waals surface area contributed by atoms with E-state index < -0.39 is 0 Å². The minimum absolute atomic E-state index is 0.0433. The highest BCUT2D eigenvalue weighted by Crippen LogP contribution is 2.24. The lowest BCUT2D eigenvalue weighted by molar-refractivity contribution is 0.103. The highest BCUT2D eigenvalue weighted by Gasteiger charge is 2.10. The van der Waals surface area contributed by atoms with E-state index in [9.17, 15) is 4.79 Å². The lowest BCUT2D eigenvalue weighted by atomic mass is 10.0. The maximum absolute atomic E-state index is 12.3. The summed E-state index contributed by atoms with van der Waals surface area (Å²) < 4.78 is 0. The van der Waals surface area contributed by atoms with E-state index in [1.807, 2.05) is 36.0 Å². The molecule has 0 saturated carbocycles. The first-order chi connectivity index (χ1) is 9.61. The Bertz CT molecular complexity index is 608. The Morgan fingerprint density at radius 2 is 1.65 bits per heavy atom. The first kappa shape index (κ1) is 15.4. The Balaban J connectivity index is 2.18. The molecule has 2 aromatic carbocycles. The summed E-state index contributed by atoms with van der Waals surface area (Å²) in [6.45, 7) is 2.13. The van der Waals surface area contributed by atoms with Crippen LogP contribution in [-0.4, -0.2) is 11.5 Å². The summed E-state index contributed by atoms with van der Waals surface area (Å²) in [5.41, 5.74) is 2.44. The molecule has 0 aliphatic heterocycles. The van der Waals surface area contributed by atoms with E-state index in [1.165, 1.54) is 5.56 Å². The fourth-order valence-electron chi connectivity index (χ4n) is 1.78. The fraction of sp³-hybridized carbons (Fsp3) is 0.188. The van der Waals surface area contributed by atoms with Crippen molar-refractivity contribution < 1.29 is 4.79 Å². The van der Waals surface area contributed by atoms with Gasteiger partial charge in [0.15, 0.2) is 5.78 Å². The minimum Gasteiger partial charge on any atom is -0.289 e. The van der Waals surface area contributed by atoms with E-state index in [-0.39, 0.29) is 5.78 Å². The maximum Gasteiger partial charge on any atom is 0.193 e. The van der Waals surface area contributed by atoms with Crippen molar-refractivity contribution in [2.24, 2.45) is 0 Å². The minimum atomic E-state index is -0.0433. The lowest BCUT2D eigenvalue weighted by Gasteiger charge is -2.05. The van der Waals surface area contributed by atoms with E-state index in [2.05, 4.69) is 6.92 Å². The second-order valence-corrected chi connectivity index (χ2v) is 6.38. The molecule has 0 heterocycles. The van der Waals surface area contributed by atoms with Gasteiger partial charge < -0.3 is 0 Å². The largest absolute Gasteiger partial charge is 0.289 e. The molecule has 20 heavy (non-hydrogen) atoms. The second-order valence-electron chi connectivity index (χ2n) is 4.29. The molecule has 0 bridgehead atoms. The van der Waals surface area contributed by atoms with Crippen LogP contribution >= 0.6 is 35.0 Å². The number of halogens is 2. The zero-order valence-electron chi connectivity index (χ0n) is 11.0. The zero-order valence-corrected chi connectivity index (χ0v) is 13.4. The van der Waals surface area contributed by atoms with Crippen LogP contribution in [0.15, 0.2) is 42.5 Å². The zero-order chi connectivity index (χ0) is 14.5. The lowest BCUT2D eigenvalue weighted by Crippen LogP contribution is -2.01. The Labute approximate surface area is 133 Å². The number of benzene rings is 2. The molecule has 0 aromatic heterocycles. The first-order valence-corrected chi connectivity index (χ1v) is 8.19. The Hall–Kier alpha value is -0.960. The molecule has 0 radical (unpaired) electrons. The Morgan fingerprint density at radius 3 is 2.25 bits per heavy atom. The predicted octanol–water partition coefficient (Wildman–Crippen LogP) is 5.48. The van der Waals surface area contributed by atoms with Crippen molar-refractivity contribution in [3.05, 3.63) is 69.2 Å². The van der Waals surface area contributed by atoms with Crippen LogP contribution in [0.5, 0.6) is 0 Å². The van der Waals surface area contributed by atoms with Gasteiger partial charge in [0.2, 0.25) is 0 Å². The number of rotatable bonds is 5. The van der Waals surface area contributed by atoms with Crippen molar-refractivity contribution in [1.29, 1.82) is 0 Å². The predicted molar refractivity (Wildman–Crippen MR) is 88.2 cm³/mol. The van der Waals surface area contributed by atoms with Gasteiger partial charge in [-0.15, -0.1) is 0 Å². The van der Waals surface area contributed by atoms with Crippen LogP contribution in [0.25, 0.3) is 0 Å². The van der Waals surface area contributed by atoms with Gasteiger partial charge in [-0.3, -0.25) is 4.79 Å². The monoisotopic (exact) mass is 324 g/mol. The normalized spacial score (nSPS) is 10.6. The van der Waals surface area contributed by atoms with E-state index in [1.54, 1.807) is 18.2 Å². The molecule has 0 saturated heterocycles. The van der Waals surface area contributed by atoms with Gasteiger partial charge in [-0.25, -0.2) is 0 Å². The molecule has 1 nitrogen and oxygen atoms in total. The average Bonchev–Trinajstić information content (AvgIpc) is 2.48. The molecule has 2 aromatic rings. The molecular weight excluding hydrogens is 311 g/mol. The van der Waals surface area contributed by atoms with Gasteiger partial charge in [-0.2, -0.15) is 11.8 Å². The SMILES string of the molecule is CCSCc1ccc(C(=O)c2ccc(Cl)c(Cl)c2)cc1. The van der Waals surface area contributed by atoms with Crippen LogP contribution in [-0.2, 0) is 5.75 Å². The molecule has 0 fully saturated rings. The summed E-state index contributed by atoms with van der Waals surface area (Å²) >= 11 is 13.7. The smallest absolute Gasteiger partial charge is 0.193 e. The third kappa shape index (κ3) is 3.78. The summed E-state index contributed by atoms with van der Waals surface area (Å²) in [6, 6.07) is 12.6. The van der Waals surface area contributed by atoms with Gasteiger partial charge in [0.25, 0.3) is 0 Å². The number of hydrogen-bond donors (Lipinski definition) is 0. The quantitative estimate of drug-likeness (QED) is 0.677. The molecule has 0 N–H and O–H groups in total. The van der Waals surface area contributed by atoms with E-state index in [4.69, 9.17) is 23.2 Å². The molecule has 2 rings (SSSR count). The second kappa shape index (κ2) is 7.16. The van der Waals surface area contributed by atoms with E-state index >= 15 is 0 Å². The molecule has 0 amide bonds. The summed E-state index contributed by atoms with van der Waals surface area (Å²) in [4.78, 5) is 12.3. The molecule has 4 heteroatoms. The number of ketones is 1. The molecule has 0 spiro atoms. The molecular formula is C16H14Cl2OS. The van der Waals surface area contributed by atoms with Crippen LogP contribution in [0.2, 0.25) is 10.0 Å². The molecule has 0 atom stereocenters. The van der Waals surface area contributed by atoms with E-state index in [0.29, 0.717) is 21.2 Å². The topological polar surface area (TPSA) is 17.1 Å². The van der Waals surface area contributed by atoms with Crippen LogP contribution in [0.4, 0.5) is 0 Å². The van der Waals surface area contributed by atoms with Crippen molar-refractivity contribution in [2.75, 3.05) is 5.75 Å². The maximum atomic E-state index is 12.3. The number of thioether (sulfide) groups is 1. The van der Waals surface area contributed by atoms with Crippen molar-refractivity contribution in [1.82, 2.24) is 0 Å². The number of carbonyl (C=O) groups excluding carboxylic acids is 1. The van der Waals surface area contributed by atoms with Crippen molar-refractivity contribution in [3.8, 4) is 0 Å². The summed E-state index contributed by atoms with van der Waals surface area (Å²) in [5, 5.41) is 0.851. The van der Waals surface area contributed by atoms with E-state index in [0.717, 1.165) is 11.5 Å². The van der Waals surface area contributed by atoms with Crippen LogP contribution in [0.1, 0.15) is 28.4 Å². The summed E-state index contributed by atoms with van der Waals surface area (Å²) in [7, 11) is 0. The van der Waals surface area contributed by atoms with Crippen molar-refractivity contribution in [2.45, 2.75) is 12.7 Å². The van der Waals surface area contributed by atoms with Gasteiger partial charge in [-0.05, 0) is 29.5 Å². The van der Waals surface area contributed by atoms with Gasteiger partial charge in [0.1, 0.15) is 0 Å². The third-order valence-corrected chi connectivity index (χ3v) is 4.56. The summed E-state index contributed by atoms with van der Waals surface area (Å²) in [6.07, 6.45) is 0. The number of hydrogen-bond acceptors (Lipinski definition) is 2. The Morgan fingerprint density at radius 1 is 1.00 bits per heavy atom. The highest BCUT2D eigenvalue weighted by atomic mass is 35.5. The Kier molecular flexibility index (Phi) is 5.53. The molecule has 0 aliphatic carbocycles. The molecule has 0 unspecified atom stereocenters. The van der Waals surface area contributed by atoms with Crippen LogP contribution in [0, 0.1) is 0 Å². The standard InChI is InChI=1S/C16H14Cl2OS/c1-2-20-10-11-3-5-12(6-4-11)16(19)13-7-8-14(17)15(18)9-13/h3-9H,2,10H2,1H3.